The van der Waals surface area contributed by atoms with Crippen LogP contribution in [0.15, 0.2) is 0 Å². The molecule has 0 saturated carbocycles. The lowest BCUT2D eigenvalue weighted by Gasteiger charge is -2.35. The number of hydrogen-bond donors (Lipinski definition) is 1. The molecule has 0 bridgehead atoms. The first-order valence-electron chi connectivity index (χ1n) is 7.25. The fraction of sp³-hybridized carbons (Fsp3) is 1.00. The molecular formula is C13H29N3O2S. The molecule has 1 aliphatic rings. The third-order valence-corrected chi connectivity index (χ3v) is 6.26. The SMILES string of the molecule is CCCNCC(C)S(=O)(=O)N(C)C1CCN(C)CC1. The summed E-state index contributed by atoms with van der Waals surface area (Å²) in [6.07, 6.45) is 2.89. The molecule has 0 radical (unpaired) electrons. The molecular weight excluding hydrogens is 262 g/mol. The second-order valence-corrected chi connectivity index (χ2v) is 8.02. The van der Waals surface area contributed by atoms with Crippen molar-refractivity contribution < 1.29 is 8.42 Å². The van der Waals surface area contributed by atoms with Crippen LogP contribution in [0.5, 0.6) is 0 Å². The van der Waals surface area contributed by atoms with Gasteiger partial charge in [0.1, 0.15) is 0 Å². The van der Waals surface area contributed by atoms with Crippen molar-refractivity contribution in [3.63, 3.8) is 0 Å². The van der Waals surface area contributed by atoms with E-state index in [0.717, 1.165) is 38.9 Å². The maximum Gasteiger partial charge on any atom is 0.217 e. The standard InChI is InChI=1S/C13H29N3O2S/c1-5-8-14-11-12(2)19(17,18)16(4)13-6-9-15(3)10-7-13/h12-14H,5-11H2,1-4H3. The second-order valence-electron chi connectivity index (χ2n) is 5.61. The maximum atomic E-state index is 12.5. The molecule has 1 atom stereocenters. The normalized spacial score (nSPS) is 20.9. The van der Waals surface area contributed by atoms with Crippen molar-refractivity contribution in [3.8, 4) is 0 Å². The summed E-state index contributed by atoms with van der Waals surface area (Å²) in [5.41, 5.74) is 0. The minimum absolute atomic E-state index is 0.162. The first-order valence-corrected chi connectivity index (χ1v) is 8.76. The summed E-state index contributed by atoms with van der Waals surface area (Å²) in [5.74, 6) is 0. The van der Waals surface area contributed by atoms with E-state index in [2.05, 4.69) is 24.2 Å². The fourth-order valence-corrected chi connectivity index (χ4v) is 3.96. The summed E-state index contributed by atoms with van der Waals surface area (Å²) in [7, 11) is 0.639. The summed E-state index contributed by atoms with van der Waals surface area (Å²) < 4.78 is 26.6. The third kappa shape index (κ3) is 4.70. The molecule has 0 spiro atoms. The molecule has 5 nitrogen and oxygen atoms in total. The van der Waals surface area contributed by atoms with Crippen molar-refractivity contribution in [2.75, 3.05) is 40.3 Å². The van der Waals surface area contributed by atoms with Crippen molar-refractivity contribution in [1.82, 2.24) is 14.5 Å². The Morgan fingerprint density at radius 1 is 1.37 bits per heavy atom. The molecule has 1 heterocycles. The smallest absolute Gasteiger partial charge is 0.217 e. The molecule has 1 rings (SSSR count). The summed E-state index contributed by atoms with van der Waals surface area (Å²) in [5, 5.41) is 2.83. The second kappa shape index (κ2) is 7.57. The zero-order chi connectivity index (χ0) is 14.5. The van der Waals surface area contributed by atoms with Crippen LogP contribution in [0, 0.1) is 0 Å². The lowest BCUT2D eigenvalue weighted by molar-refractivity contribution is 0.197. The summed E-state index contributed by atoms with van der Waals surface area (Å²) >= 11 is 0. The van der Waals surface area contributed by atoms with Crippen LogP contribution in [0.25, 0.3) is 0 Å². The number of likely N-dealkylation sites (tertiary alicyclic amines) is 1. The Labute approximate surface area is 118 Å². The number of nitrogens with zero attached hydrogens (tertiary/aromatic N) is 2. The van der Waals surface area contributed by atoms with Gasteiger partial charge in [-0.3, -0.25) is 0 Å². The van der Waals surface area contributed by atoms with Gasteiger partial charge in [0, 0.05) is 19.6 Å². The Morgan fingerprint density at radius 2 is 1.95 bits per heavy atom. The Balaban J connectivity index is 2.55. The summed E-state index contributed by atoms with van der Waals surface area (Å²) in [6, 6.07) is 0.162. The van der Waals surface area contributed by atoms with E-state index in [1.54, 1.807) is 18.3 Å². The van der Waals surface area contributed by atoms with Gasteiger partial charge in [-0.05, 0) is 52.9 Å². The van der Waals surface area contributed by atoms with Gasteiger partial charge >= 0.3 is 0 Å². The molecule has 6 heteroatoms. The summed E-state index contributed by atoms with van der Waals surface area (Å²) in [6.45, 7) is 7.24. The van der Waals surface area contributed by atoms with E-state index in [0.29, 0.717) is 6.54 Å². The van der Waals surface area contributed by atoms with Crippen molar-refractivity contribution in [2.45, 2.75) is 44.4 Å². The molecule has 0 aromatic rings. The Kier molecular flexibility index (Phi) is 6.73. The van der Waals surface area contributed by atoms with E-state index < -0.39 is 10.0 Å². The topological polar surface area (TPSA) is 52.7 Å². The van der Waals surface area contributed by atoms with Crippen LogP contribution in [-0.4, -0.2) is 69.2 Å². The minimum atomic E-state index is -3.18. The number of rotatable bonds is 7. The van der Waals surface area contributed by atoms with E-state index in [1.807, 2.05) is 0 Å². The number of sulfonamides is 1. The fourth-order valence-electron chi connectivity index (χ4n) is 2.44. The lowest BCUT2D eigenvalue weighted by atomic mass is 10.1. The van der Waals surface area contributed by atoms with E-state index >= 15 is 0 Å². The molecule has 19 heavy (non-hydrogen) atoms. The van der Waals surface area contributed by atoms with Gasteiger partial charge in [0.25, 0.3) is 0 Å². The molecule has 1 saturated heterocycles. The quantitative estimate of drug-likeness (QED) is 0.703. The highest BCUT2D eigenvalue weighted by molar-refractivity contribution is 7.89. The highest BCUT2D eigenvalue weighted by Crippen LogP contribution is 2.19. The molecule has 0 aromatic carbocycles. The average molecular weight is 291 g/mol. The van der Waals surface area contributed by atoms with Crippen molar-refractivity contribution in [2.24, 2.45) is 0 Å². The van der Waals surface area contributed by atoms with Crippen LogP contribution in [0.1, 0.15) is 33.1 Å². The molecule has 1 unspecified atom stereocenters. The van der Waals surface area contributed by atoms with Crippen LogP contribution in [0.3, 0.4) is 0 Å². The van der Waals surface area contributed by atoms with Gasteiger partial charge in [-0.15, -0.1) is 0 Å². The molecule has 1 aliphatic heterocycles. The highest BCUT2D eigenvalue weighted by atomic mass is 32.2. The van der Waals surface area contributed by atoms with Gasteiger partial charge in [0.05, 0.1) is 5.25 Å². The van der Waals surface area contributed by atoms with E-state index in [9.17, 15) is 8.42 Å². The predicted molar refractivity (Wildman–Crippen MR) is 79.8 cm³/mol. The zero-order valence-corrected chi connectivity index (χ0v) is 13.5. The lowest BCUT2D eigenvalue weighted by Crippen LogP contribution is -2.48. The van der Waals surface area contributed by atoms with Crippen LogP contribution < -0.4 is 5.32 Å². The molecule has 0 aliphatic carbocycles. The predicted octanol–water partition coefficient (Wildman–Crippen LogP) is 0.730. The Bertz CT molecular complexity index is 351. The van der Waals surface area contributed by atoms with Gasteiger partial charge < -0.3 is 10.2 Å². The monoisotopic (exact) mass is 291 g/mol. The molecule has 0 amide bonds. The van der Waals surface area contributed by atoms with Crippen molar-refractivity contribution in [1.29, 1.82) is 0 Å². The average Bonchev–Trinajstić information content (AvgIpc) is 2.39. The Hall–Kier alpha value is -0.170. The highest BCUT2D eigenvalue weighted by Gasteiger charge is 2.32. The largest absolute Gasteiger partial charge is 0.315 e. The van der Waals surface area contributed by atoms with Crippen LogP contribution in [0.4, 0.5) is 0 Å². The maximum absolute atomic E-state index is 12.5. The van der Waals surface area contributed by atoms with E-state index in [4.69, 9.17) is 0 Å². The van der Waals surface area contributed by atoms with Gasteiger partial charge in [0.15, 0.2) is 0 Å². The molecule has 1 fully saturated rings. The third-order valence-electron chi connectivity index (χ3n) is 3.97. The van der Waals surface area contributed by atoms with E-state index in [-0.39, 0.29) is 11.3 Å². The van der Waals surface area contributed by atoms with Gasteiger partial charge in [-0.1, -0.05) is 6.92 Å². The van der Waals surface area contributed by atoms with Crippen molar-refractivity contribution in [3.05, 3.63) is 0 Å². The van der Waals surface area contributed by atoms with Crippen LogP contribution in [-0.2, 0) is 10.0 Å². The van der Waals surface area contributed by atoms with E-state index in [1.165, 1.54) is 0 Å². The van der Waals surface area contributed by atoms with Gasteiger partial charge in [0.2, 0.25) is 10.0 Å². The van der Waals surface area contributed by atoms with Crippen LogP contribution in [0.2, 0.25) is 0 Å². The zero-order valence-electron chi connectivity index (χ0n) is 12.7. The van der Waals surface area contributed by atoms with Gasteiger partial charge in [-0.2, -0.15) is 0 Å². The van der Waals surface area contributed by atoms with Gasteiger partial charge in [-0.25, -0.2) is 12.7 Å². The molecule has 0 aromatic heterocycles. The van der Waals surface area contributed by atoms with Crippen LogP contribution >= 0.6 is 0 Å². The number of hydrogen-bond acceptors (Lipinski definition) is 4. The first kappa shape index (κ1) is 16.9. The molecule has 114 valence electrons. The van der Waals surface area contributed by atoms with Crippen molar-refractivity contribution >= 4 is 10.0 Å². The number of nitrogens with one attached hydrogen (secondary N) is 1. The minimum Gasteiger partial charge on any atom is -0.315 e. The molecule has 1 N–H and O–H groups in total. The Morgan fingerprint density at radius 3 is 2.47 bits per heavy atom. The first-order chi connectivity index (χ1) is 8.89. The number of piperidine rings is 1. The summed E-state index contributed by atoms with van der Waals surface area (Å²) in [4.78, 5) is 2.25.